The molecule has 9 nitrogen and oxygen atoms in total. The molecule has 0 radical (unpaired) electrons. The van der Waals surface area contributed by atoms with E-state index < -0.39 is 45.7 Å². The highest BCUT2D eigenvalue weighted by atomic mass is 32.2. The highest BCUT2D eigenvalue weighted by Gasteiger charge is 2.32. The van der Waals surface area contributed by atoms with Gasteiger partial charge in [-0.2, -0.15) is 26.7 Å². The van der Waals surface area contributed by atoms with Gasteiger partial charge in [-0.25, -0.2) is 0 Å². The molecule has 1 atom stereocenters. The van der Waals surface area contributed by atoms with Crippen molar-refractivity contribution in [3.8, 4) is 28.3 Å². The molecule has 43 heavy (non-hydrogen) atoms. The average molecular weight is 615 g/mol. The molecule has 3 aromatic carbocycles. The quantitative estimate of drug-likeness (QED) is 0.167. The number of nitrogens with zero attached hydrogens (tertiary/aromatic N) is 2. The van der Waals surface area contributed by atoms with Crippen LogP contribution in [0.15, 0.2) is 89.8 Å². The second-order valence-electron chi connectivity index (χ2n) is 10.2. The lowest BCUT2D eigenvalue weighted by Crippen LogP contribution is -2.48. The number of para-hydroxylation sites is 1. The monoisotopic (exact) mass is 615 g/mol. The molecule has 1 heterocycles. The van der Waals surface area contributed by atoms with E-state index in [2.05, 4.69) is 10.4 Å². The lowest BCUT2D eigenvalue weighted by Gasteiger charge is -2.20. The van der Waals surface area contributed by atoms with Gasteiger partial charge in [0.1, 0.15) is 11.4 Å². The first-order valence-corrected chi connectivity index (χ1v) is 14.7. The first kappa shape index (κ1) is 31.8. The van der Waals surface area contributed by atoms with Crippen LogP contribution in [-0.2, 0) is 27.6 Å². The third-order valence-corrected chi connectivity index (χ3v) is 7.62. The Morgan fingerprint density at radius 1 is 1.00 bits per heavy atom. The van der Waals surface area contributed by atoms with E-state index in [-0.39, 0.29) is 29.5 Å². The minimum absolute atomic E-state index is 0.0759. The second kappa shape index (κ2) is 13.0. The van der Waals surface area contributed by atoms with E-state index in [0.717, 1.165) is 18.2 Å². The summed E-state index contributed by atoms with van der Waals surface area (Å²) < 4.78 is 72.4. The van der Waals surface area contributed by atoms with Gasteiger partial charge in [-0.1, -0.05) is 62.4 Å². The predicted molar refractivity (Wildman–Crippen MR) is 154 cm³/mol. The number of hydrogen-bond donors (Lipinski definition) is 3. The maximum absolute atomic E-state index is 13.2. The van der Waals surface area contributed by atoms with Gasteiger partial charge in [0.05, 0.1) is 22.9 Å². The van der Waals surface area contributed by atoms with Crippen molar-refractivity contribution in [2.75, 3.05) is 0 Å². The van der Waals surface area contributed by atoms with Gasteiger partial charge in [0, 0.05) is 5.56 Å². The number of carbonyl (C=O) groups is 1. The van der Waals surface area contributed by atoms with E-state index >= 15 is 0 Å². The van der Waals surface area contributed by atoms with Crippen LogP contribution in [0.2, 0.25) is 0 Å². The van der Waals surface area contributed by atoms with Gasteiger partial charge < -0.3 is 19.5 Å². The van der Waals surface area contributed by atoms with Crippen molar-refractivity contribution in [3.63, 3.8) is 0 Å². The van der Waals surface area contributed by atoms with Crippen LogP contribution in [0.4, 0.5) is 13.2 Å². The van der Waals surface area contributed by atoms with E-state index in [1.54, 1.807) is 42.5 Å². The summed E-state index contributed by atoms with van der Waals surface area (Å²) in [5.74, 6) is -1.55. The molecule has 1 aromatic heterocycles. The molecule has 0 aliphatic rings. The van der Waals surface area contributed by atoms with Crippen molar-refractivity contribution < 1.29 is 40.6 Å². The molecule has 0 spiro atoms. The topological polar surface area (TPSA) is 131 Å². The Bertz CT molecular complexity index is 1680. The van der Waals surface area contributed by atoms with Gasteiger partial charge in [-0.3, -0.25) is 9.48 Å². The Kier molecular flexibility index (Phi) is 9.63. The molecule has 0 aliphatic carbocycles. The van der Waals surface area contributed by atoms with Crippen LogP contribution in [0.5, 0.6) is 5.75 Å². The first-order chi connectivity index (χ1) is 20.2. The minimum Gasteiger partial charge on any atom is -0.426 e. The molecule has 226 valence electrons. The molecule has 0 aliphatic heterocycles. The summed E-state index contributed by atoms with van der Waals surface area (Å²) in [6.45, 7) is 3.44. The van der Waals surface area contributed by atoms with Gasteiger partial charge in [0.15, 0.2) is 5.75 Å². The van der Waals surface area contributed by atoms with E-state index in [1.165, 1.54) is 22.9 Å². The summed E-state index contributed by atoms with van der Waals surface area (Å²) in [5, 5.41) is 26.6. The summed E-state index contributed by atoms with van der Waals surface area (Å²) >= 11 is 0. The number of aromatic nitrogens is 2. The second-order valence-corrected chi connectivity index (χ2v) is 11.8. The minimum atomic E-state index is -4.75. The standard InChI is InChI=1S/C29H29BF3N3O6S/c1-19(2)15-27(30(38)39)34-28(37)18-36-25(20-9-4-3-5-10-20)17-24(35-36)23-13-6-7-14-26(23)42-43(40,41)22-12-8-11-21(16-22)29(31,32)33/h3-14,16-17,19,27,38-39H,15,18H2,1-2H3,(H,34,37). The number of rotatable bonds is 11. The Morgan fingerprint density at radius 2 is 1.67 bits per heavy atom. The fourth-order valence-corrected chi connectivity index (χ4v) is 5.40. The number of benzene rings is 3. The van der Waals surface area contributed by atoms with E-state index in [1.807, 2.05) is 13.8 Å². The zero-order valence-corrected chi connectivity index (χ0v) is 24.0. The summed E-state index contributed by atoms with van der Waals surface area (Å²) in [6.07, 6.45) is -4.43. The Balaban J connectivity index is 1.70. The highest BCUT2D eigenvalue weighted by Crippen LogP contribution is 2.35. The fraction of sp³-hybridized carbons (Fsp3) is 0.241. The van der Waals surface area contributed by atoms with Crippen LogP contribution < -0.4 is 9.50 Å². The van der Waals surface area contributed by atoms with Crippen LogP contribution in [0.3, 0.4) is 0 Å². The normalized spacial score (nSPS) is 12.7. The third kappa shape index (κ3) is 8.03. The van der Waals surface area contributed by atoms with Crippen molar-refractivity contribution in [2.24, 2.45) is 5.92 Å². The maximum atomic E-state index is 13.2. The van der Waals surface area contributed by atoms with Crippen molar-refractivity contribution in [3.05, 3.63) is 90.5 Å². The number of nitrogens with one attached hydrogen (secondary N) is 1. The van der Waals surface area contributed by atoms with Gasteiger partial charge in [0.25, 0.3) is 0 Å². The molecule has 0 saturated heterocycles. The van der Waals surface area contributed by atoms with Crippen LogP contribution >= 0.6 is 0 Å². The van der Waals surface area contributed by atoms with E-state index in [0.29, 0.717) is 23.7 Å². The van der Waals surface area contributed by atoms with Crippen LogP contribution in [0, 0.1) is 5.92 Å². The zero-order valence-electron chi connectivity index (χ0n) is 23.2. The summed E-state index contributed by atoms with van der Waals surface area (Å²) in [7, 11) is -6.45. The number of amides is 1. The average Bonchev–Trinajstić information content (AvgIpc) is 3.36. The van der Waals surface area contributed by atoms with Crippen LogP contribution in [0.1, 0.15) is 25.8 Å². The van der Waals surface area contributed by atoms with Crippen molar-refractivity contribution in [2.45, 2.75) is 43.8 Å². The lowest BCUT2D eigenvalue weighted by molar-refractivity contribution is -0.137. The predicted octanol–water partition coefficient (Wildman–Crippen LogP) is 4.55. The smallest absolute Gasteiger partial charge is 0.426 e. The molecular weight excluding hydrogens is 586 g/mol. The highest BCUT2D eigenvalue weighted by molar-refractivity contribution is 7.87. The Labute approximate surface area is 247 Å². The first-order valence-electron chi connectivity index (χ1n) is 13.2. The zero-order chi connectivity index (χ0) is 31.4. The molecule has 0 bridgehead atoms. The molecule has 4 aromatic rings. The van der Waals surface area contributed by atoms with Crippen LogP contribution in [-0.4, -0.2) is 47.2 Å². The largest absolute Gasteiger partial charge is 0.475 e. The summed E-state index contributed by atoms with van der Waals surface area (Å²) in [4.78, 5) is 12.3. The Hall–Kier alpha value is -4.14. The molecule has 0 fully saturated rings. The van der Waals surface area contributed by atoms with Crippen molar-refractivity contribution in [1.29, 1.82) is 0 Å². The maximum Gasteiger partial charge on any atom is 0.475 e. The van der Waals surface area contributed by atoms with Gasteiger partial charge >= 0.3 is 23.4 Å². The molecule has 1 unspecified atom stereocenters. The van der Waals surface area contributed by atoms with E-state index in [9.17, 15) is 36.4 Å². The Morgan fingerprint density at radius 3 is 2.33 bits per heavy atom. The molecule has 1 amide bonds. The fourth-order valence-electron chi connectivity index (χ4n) is 4.41. The molecule has 3 N–H and O–H groups in total. The number of hydrogen-bond acceptors (Lipinski definition) is 7. The van der Waals surface area contributed by atoms with Gasteiger partial charge in [-0.05, 0) is 54.3 Å². The number of halogens is 3. The molecule has 0 saturated carbocycles. The van der Waals surface area contributed by atoms with Crippen LogP contribution in [0.25, 0.3) is 22.5 Å². The van der Waals surface area contributed by atoms with Crippen molar-refractivity contribution in [1.82, 2.24) is 15.1 Å². The SMILES string of the molecule is CC(C)CC(NC(=O)Cn1nc(-c2ccccc2OS(=O)(=O)c2cccc(C(F)(F)F)c2)cc1-c1ccccc1)B(O)O. The van der Waals surface area contributed by atoms with Gasteiger partial charge in [0.2, 0.25) is 5.91 Å². The third-order valence-electron chi connectivity index (χ3n) is 6.39. The number of alkyl halides is 3. The molecular formula is C29H29BF3N3O6S. The molecule has 4 rings (SSSR count). The molecule has 14 heteroatoms. The number of carbonyl (C=O) groups excluding carboxylic acids is 1. The summed E-state index contributed by atoms with van der Waals surface area (Å²) in [5.41, 5.74) is 0.468. The van der Waals surface area contributed by atoms with Crippen molar-refractivity contribution >= 4 is 23.1 Å². The summed E-state index contributed by atoms with van der Waals surface area (Å²) in [6, 6.07) is 19.8. The van der Waals surface area contributed by atoms with Gasteiger partial charge in [-0.15, -0.1) is 0 Å². The van der Waals surface area contributed by atoms with E-state index in [4.69, 9.17) is 4.18 Å². The lowest BCUT2D eigenvalue weighted by atomic mass is 9.75.